The van der Waals surface area contributed by atoms with Gasteiger partial charge < -0.3 is 15.4 Å². The Hall–Kier alpha value is -2.77. The minimum absolute atomic E-state index is 0.122. The van der Waals surface area contributed by atoms with Gasteiger partial charge in [-0.05, 0) is 12.8 Å². The highest BCUT2D eigenvalue weighted by atomic mass is 16.5. The van der Waals surface area contributed by atoms with Crippen LogP contribution in [0.15, 0.2) is 18.2 Å². The molecule has 0 aromatic carbocycles. The molecule has 118 valence electrons. The van der Waals surface area contributed by atoms with E-state index in [9.17, 15) is 24.6 Å². The number of hydrogen-bond donors (Lipinski definition) is 3. The van der Waals surface area contributed by atoms with E-state index in [1.165, 1.54) is 12.2 Å². The standard InChI is InChI=1S/C14H16N2O6/c17-10(9-8-13(20)16(22)14(9)21)4-2-1-3-7-15-11(18)5-6-12(15)19/h5-6,8,20-22H,1-4,7H2. The van der Waals surface area contributed by atoms with Gasteiger partial charge >= 0.3 is 0 Å². The summed E-state index contributed by atoms with van der Waals surface area (Å²) >= 11 is 0. The van der Waals surface area contributed by atoms with E-state index in [4.69, 9.17) is 5.21 Å². The minimum atomic E-state index is -0.693. The molecule has 0 unspecified atom stereocenters. The summed E-state index contributed by atoms with van der Waals surface area (Å²) in [6.07, 6.45) is 4.26. The molecule has 0 saturated carbocycles. The molecule has 0 aliphatic carbocycles. The Balaban J connectivity index is 1.73. The summed E-state index contributed by atoms with van der Waals surface area (Å²) in [6, 6.07) is 0.991. The van der Waals surface area contributed by atoms with Crippen LogP contribution in [0, 0.1) is 0 Å². The largest absolute Gasteiger partial charge is 0.492 e. The van der Waals surface area contributed by atoms with Gasteiger partial charge in [0.05, 0.1) is 5.56 Å². The fraction of sp³-hybridized carbons (Fsp3) is 0.357. The molecule has 0 spiro atoms. The number of hydrogen-bond acceptors (Lipinski definition) is 6. The van der Waals surface area contributed by atoms with Gasteiger partial charge in [-0.15, -0.1) is 4.73 Å². The average Bonchev–Trinajstić information content (AvgIpc) is 2.94. The molecule has 1 aromatic heterocycles. The van der Waals surface area contributed by atoms with Crippen molar-refractivity contribution in [3.8, 4) is 11.8 Å². The highest BCUT2D eigenvalue weighted by Gasteiger charge is 2.22. The zero-order chi connectivity index (χ0) is 16.3. The zero-order valence-electron chi connectivity index (χ0n) is 11.7. The Morgan fingerprint density at radius 1 is 1.05 bits per heavy atom. The zero-order valence-corrected chi connectivity index (χ0v) is 11.7. The van der Waals surface area contributed by atoms with Crippen molar-refractivity contribution < 1.29 is 29.8 Å². The number of unbranched alkanes of at least 4 members (excludes halogenated alkanes) is 2. The Kier molecular flexibility index (Phi) is 4.50. The van der Waals surface area contributed by atoms with Gasteiger partial charge in [-0.1, -0.05) is 6.42 Å². The number of imide groups is 1. The van der Waals surface area contributed by atoms with Gasteiger partial charge in [0, 0.05) is 31.2 Å². The molecule has 2 heterocycles. The third-order valence-electron chi connectivity index (χ3n) is 3.42. The van der Waals surface area contributed by atoms with Gasteiger partial charge in [0.25, 0.3) is 11.8 Å². The smallest absolute Gasteiger partial charge is 0.253 e. The van der Waals surface area contributed by atoms with Crippen molar-refractivity contribution in [1.29, 1.82) is 0 Å². The average molecular weight is 308 g/mol. The molecule has 1 aliphatic heterocycles. The molecule has 0 saturated heterocycles. The van der Waals surface area contributed by atoms with Crippen molar-refractivity contribution in [3.63, 3.8) is 0 Å². The third kappa shape index (κ3) is 3.11. The van der Waals surface area contributed by atoms with E-state index in [0.717, 1.165) is 11.0 Å². The summed E-state index contributed by atoms with van der Waals surface area (Å²) in [7, 11) is 0. The van der Waals surface area contributed by atoms with E-state index in [1.807, 2.05) is 0 Å². The lowest BCUT2D eigenvalue weighted by Crippen LogP contribution is -2.30. The summed E-state index contributed by atoms with van der Waals surface area (Å²) < 4.78 is 0.130. The first-order valence-electron chi connectivity index (χ1n) is 6.81. The van der Waals surface area contributed by atoms with Crippen molar-refractivity contribution in [3.05, 3.63) is 23.8 Å². The second-order valence-corrected chi connectivity index (χ2v) is 4.95. The maximum atomic E-state index is 11.8. The number of Topliss-reactive ketones (excluding diaryl/α,β-unsaturated/α-hetero) is 1. The highest BCUT2D eigenvalue weighted by molar-refractivity contribution is 6.12. The van der Waals surface area contributed by atoms with Crippen molar-refractivity contribution >= 4 is 17.6 Å². The third-order valence-corrected chi connectivity index (χ3v) is 3.42. The molecule has 22 heavy (non-hydrogen) atoms. The van der Waals surface area contributed by atoms with E-state index in [-0.39, 0.29) is 28.5 Å². The number of aromatic hydroxyl groups is 2. The molecule has 0 atom stereocenters. The first-order valence-corrected chi connectivity index (χ1v) is 6.81. The Morgan fingerprint density at radius 3 is 2.23 bits per heavy atom. The molecule has 2 rings (SSSR count). The van der Waals surface area contributed by atoms with Crippen LogP contribution in [-0.2, 0) is 9.59 Å². The van der Waals surface area contributed by atoms with E-state index < -0.39 is 17.5 Å². The Labute approximate surface area is 125 Å². The van der Waals surface area contributed by atoms with E-state index >= 15 is 0 Å². The first-order chi connectivity index (χ1) is 10.4. The van der Waals surface area contributed by atoms with Crippen molar-refractivity contribution in [2.24, 2.45) is 0 Å². The lowest BCUT2D eigenvalue weighted by Gasteiger charge is -2.12. The minimum Gasteiger partial charge on any atom is -0.492 e. The fourth-order valence-electron chi connectivity index (χ4n) is 2.20. The summed E-state index contributed by atoms with van der Waals surface area (Å²) in [5.41, 5.74) is -0.144. The topological polar surface area (TPSA) is 120 Å². The van der Waals surface area contributed by atoms with E-state index in [2.05, 4.69) is 0 Å². The maximum Gasteiger partial charge on any atom is 0.253 e. The molecule has 0 bridgehead atoms. The van der Waals surface area contributed by atoms with E-state index in [0.29, 0.717) is 25.8 Å². The number of nitrogens with zero attached hydrogens (tertiary/aromatic N) is 2. The number of carbonyl (C=O) groups excluding carboxylic acids is 3. The SMILES string of the molecule is O=C(CCCCCN1C(=O)C=CC1=O)c1cc(O)n(O)c1O. The fourth-order valence-corrected chi connectivity index (χ4v) is 2.20. The van der Waals surface area contributed by atoms with Crippen LogP contribution in [0.2, 0.25) is 0 Å². The van der Waals surface area contributed by atoms with Gasteiger partial charge in [-0.25, -0.2) is 0 Å². The van der Waals surface area contributed by atoms with Crippen LogP contribution >= 0.6 is 0 Å². The molecule has 0 radical (unpaired) electrons. The highest BCUT2D eigenvalue weighted by Crippen LogP contribution is 2.27. The molecule has 1 aliphatic rings. The van der Waals surface area contributed by atoms with Crippen LogP contribution in [0.25, 0.3) is 0 Å². The molecular formula is C14H16N2O6. The summed E-state index contributed by atoms with van der Waals surface area (Å²) in [4.78, 5) is 35.6. The summed E-state index contributed by atoms with van der Waals surface area (Å²) in [5, 5.41) is 27.8. The van der Waals surface area contributed by atoms with Crippen LogP contribution in [0.4, 0.5) is 0 Å². The second-order valence-electron chi connectivity index (χ2n) is 4.95. The molecule has 8 heteroatoms. The van der Waals surface area contributed by atoms with Gasteiger partial charge in [0.2, 0.25) is 11.8 Å². The Bertz CT molecular complexity index is 628. The molecule has 3 N–H and O–H groups in total. The molecule has 2 amide bonds. The Morgan fingerprint density at radius 2 is 1.68 bits per heavy atom. The molecule has 0 fully saturated rings. The van der Waals surface area contributed by atoms with Crippen molar-refractivity contribution in [2.75, 3.05) is 6.54 Å². The quantitative estimate of drug-likeness (QED) is 0.297. The van der Waals surface area contributed by atoms with Gasteiger partial charge in [0.15, 0.2) is 5.78 Å². The number of rotatable bonds is 7. The number of aromatic nitrogens is 1. The number of amides is 2. The lowest BCUT2D eigenvalue weighted by atomic mass is 10.1. The monoisotopic (exact) mass is 308 g/mol. The summed E-state index contributed by atoms with van der Waals surface area (Å²) in [6.45, 7) is 0.303. The molecule has 1 aromatic rings. The number of carbonyl (C=O) groups is 3. The molecular weight excluding hydrogens is 292 g/mol. The van der Waals surface area contributed by atoms with Gasteiger partial charge in [0.1, 0.15) is 0 Å². The lowest BCUT2D eigenvalue weighted by molar-refractivity contribution is -0.136. The first kappa shape index (κ1) is 15.6. The molecule has 8 nitrogen and oxygen atoms in total. The van der Waals surface area contributed by atoms with Crippen molar-refractivity contribution in [1.82, 2.24) is 9.63 Å². The predicted molar refractivity (Wildman–Crippen MR) is 73.6 cm³/mol. The van der Waals surface area contributed by atoms with Crippen LogP contribution < -0.4 is 0 Å². The van der Waals surface area contributed by atoms with Gasteiger partial charge in [-0.3, -0.25) is 19.3 Å². The normalized spacial score (nSPS) is 14.1. The van der Waals surface area contributed by atoms with Crippen LogP contribution in [0.3, 0.4) is 0 Å². The van der Waals surface area contributed by atoms with Crippen LogP contribution in [0.1, 0.15) is 36.0 Å². The van der Waals surface area contributed by atoms with Crippen LogP contribution in [-0.4, -0.2) is 49.2 Å². The van der Waals surface area contributed by atoms with Crippen LogP contribution in [0.5, 0.6) is 11.8 Å². The number of ketones is 1. The summed E-state index contributed by atoms with van der Waals surface area (Å²) in [5.74, 6) is -2.37. The van der Waals surface area contributed by atoms with E-state index in [1.54, 1.807) is 0 Å². The predicted octanol–water partition coefficient (Wildman–Crippen LogP) is 0.805. The van der Waals surface area contributed by atoms with Gasteiger partial charge in [-0.2, -0.15) is 0 Å². The maximum absolute atomic E-state index is 11.8. The van der Waals surface area contributed by atoms with Crippen molar-refractivity contribution in [2.45, 2.75) is 25.7 Å². The second kappa shape index (κ2) is 6.33.